The molecule has 2 unspecified atom stereocenters. The highest BCUT2D eigenvalue weighted by Gasteiger charge is 2.36. The van der Waals surface area contributed by atoms with Gasteiger partial charge in [0.1, 0.15) is 0 Å². The summed E-state index contributed by atoms with van der Waals surface area (Å²) in [5, 5.41) is 5.98. The molecule has 0 saturated carbocycles. The first-order valence-corrected chi connectivity index (χ1v) is 11.1. The van der Waals surface area contributed by atoms with Crippen LogP contribution in [0.4, 0.5) is 0 Å². The molecule has 30 heavy (non-hydrogen) atoms. The maximum absolute atomic E-state index is 12.7. The molecule has 2 amide bonds. The number of amides is 2. The van der Waals surface area contributed by atoms with E-state index in [1.807, 2.05) is 60.8 Å². The van der Waals surface area contributed by atoms with Crippen LogP contribution in [-0.2, 0) is 22.6 Å². The van der Waals surface area contributed by atoms with E-state index in [4.69, 9.17) is 0 Å². The van der Waals surface area contributed by atoms with Crippen LogP contribution in [0.15, 0.2) is 66.0 Å². The number of thiazole rings is 1. The Morgan fingerprint density at radius 1 is 1.17 bits per heavy atom. The highest BCUT2D eigenvalue weighted by atomic mass is 32.1. The first kappa shape index (κ1) is 20.3. The Bertz CT molecular complexity index is 1000. The van der Waals surface area contributed by atoms with Crippen LogP contribution in [-0.4, -0.2) is 28.2 Å². The van der Waals surface area contributed by atoms with E-state index in [-0.39, 0.29) is 30.2 Å². The molecule has 154 valence electrons. The number of carbonyl (C=O) groups excluding carboxylic acids is 2. The van der Waals surface area contributed by atoms with Gasteiger partial charge in [0.15, 0.2) is 0 Å². The molecule has 0 aliphatic carbocycles. The number of hydrogen-bond donors (Lipinski definition) is 1. The van der Waals surface area contributed by atoms with Gasteiger partial charge in [-0.15, -0.1) is 11.3 Å². The van der Waals surface area contributed by atoms with Crippen molar-refractivity contribution in [1.82, 2.24) is 15.2 Å². The second kappa shape index (κ2) is 9.22. The van der Waals surface area contributed by atoms with E-state index in [1.54, 1.807) is 16.2 Å². The fourth-order valence-electron chi connectivity index (χ4n) is 3.80. The predicted molar refractivity (Wildman–Crippen MR) is 118 cm³/mol. The number of carbonyl (C=O) groups is 2. The lowest BCUT2D eigenvalue weighted by molar-refractivity contribution is -0.130. The number of hydrogen-bond acceptors (Lipinski definition) is 4. The van der Waals surface area contributed by atoms with Crippen molar-refractivity contribution in [3.63, 3.8) is 0 Å². The standard InChI is InChI=1S/C24H25N3O2S/c1-17(19-10-6-3-7-11-19)27-15-20(13-23(27)28)24(29)25-14-21-16-30-22(26-21)12-18-8-4-2-5-9-18/h2-11,16-17,20H,12-15H2,1H3,(H,25,29). The smallest absolute Gasteiger partial charge is 0.225 e. The lowest BCUT2D eigenvalue weighted by Gasteiger charge is -2.25. The summed E-state index contributed by atoms with van der Waals surface area (Å²) < 4.78 is 0. The van der Waals surface area contributed by atoms with Gasteiger partial charge in [0.05, 0.1) is 29.2 Å². The number of benzene rings is 2. The number of rotatable bonds is 7. The molecule has 2 aromatic carbocycles. The summed E-state index contributed by atoms with van der Waals surface area (Å²) in [4.78, 5) is 31.6. The van der Waals surface area contributed by atoms with E-state index < -0.39 is 0 Å². The third-order valence-electron chi connectivity index (χ3n) is 5.52. The number of nitrogens with one attached hydrogen (secondary N) is 1. The molecule has 1 aliphatic heterocycles. The first-order valence-electron chi connectivity index (χ1n) is 10.2. The van der Waals surface area contributed by atoms with Crippen molar-refractivity contribution in [2.24, 2.45) is 5.92 Å². The van der Waals surface area contributed by atoms with Crippen LogP contribution < -0.4 is 5.32 Å². The van der Waals surface area contributed by atoms with Gasteiger partial charge in [0, 0.05) is 24.8 Å². The molecule has 6 heteroatoms. The Labute approximate surface area is 180 Å². The van der Waals surface area contributed by atoms with Gasteiger partial charge in [-0.05, 0) is 18.1 Å². The van der Waals surface area contributed by atoms with Crippen molar-refractivity contribution >= 4 is 23.2 Å². The molecule has 1 saturated heterocycles. The van der Waals surface area contributed by atoms with Crippen LogP contribution in [0.3, 0.4) is 0 Å². The molecule has 2 atom stereocenters. The average Bonchev–Trinajstić information content (AvgIpc) is 3.39. The van der Waals surface area contributed by atoms with Gasteiger partial charge in [0.25, 0.3) is 0 Å². The maximum atomic E-state index is 12.7. The summed E-state index contributed by atoms with van der Waals surface area (Å²) in [6, 6.07) is 20.1. The summed E-state index contributed by atoms with van der Waals surface area (Å²) in [5.74, 6) is -0.361. The second-order valence-corrected chi connectivity index (χ2v) is 8.59. The summed E-state index contributed by atoms with van der Waals surface area (Å²) in [5.41, 5.74) is 3.16. The minimum atomic E-state index is -0.314. The fourth-order valence-corrected chi connectivity index (χ4v) is 4.62. The molecular weight excluding hydrogens is 394 g/mol. The molecule has 1 aromatic heterocycles. The van der Waals surface area contributed by atoms with Crippen molar-refractivity contribution < 1.29 is 9.59 Å². The summed E-state index contributed by atoms with van der Waals surface area (Å²) in [6.07, 6.45) is 1.06. The maximum Gasteiger partial charge on any atom is 0.225 e. The van der Waals surface area contributed by atoms with E-state index in [0.717, 1.165) is 22.7 Å². The Morgan fingerprint density at radius 3 is 2.60 bits per heavy atom. The van der Waals surface area contributed by atoms with E-state index in [9.17, 15) is 9.59 Å². The van der Waals surface area contributed by atoms with Gasteiger partial charge in [-0.2, -0.15) is 0 Å². The number of nitrogens with zero attached hydrogens (tertiary/aromatic N) is 2. The molecule has 1 aliphatic rings. The molecule has 1 fully saturated rings. The number of aromatic nitrogens is 1. The van der Waals surface area contributed by atoms with E-state index in [1.165, 1.54) is 5.56 Å². The largest absolute Gasteiger partial charge is 0.350 e. The second-order valence-electron chi connectivity index (χ2n) is 7.65. The highest BCUT2D eigenvalue weighted by Crippen LogP contribution is 2.28. The quantitative estimate of drug-likeness (QED) is 0.631. The molecule has 0 bridgehead atoms. The molecule has 0 radical (unpaired) electrons. The van der Waals surface area contributed by atoms with Crippen LogP contribution in [0.2, 0.25) is 0 Å². The zero-order chi connectivity index (χ0) is 20.9. The Balaban J connectivity index is 1.30. The fraction of sp³-hybridized carbons (Fsp3) is 0.292. The minimum Gasteiger partial charge on any atom is -0.350 e. The lowest BCUT2D eigenvalue weighted by Crippen LogP contribution is -2.33. The summed E-state index contributed by atoms with van der Waals surface area (Å²) in [7, 11) is 0. The van der Waals surface area contributed by atoms with Gasteiger partial charge in [0.2, 0.25) is 11.8 Å². The van der Waals surface area contributed by atoms with Gasteiger partial charge in [-0.3, -0.25) is 9.59 Å². The van der Waals surface area contributed by atoms with Gasteiger partial charge < -0.3 is 10.2 Å². The van der Waals surface area contributed by atoms with Crippen LogP contribution in [0, 0.1) is 5.92 Å². The Morgan fingerprint density at radius 2 is 1.87 bits per heavy atom. The molecule has 5 nitrogen and oxygen atoms in total. The molecule has 1 N–H and O–H groups in total. The zero-order valence-electron chi connectivity index (χ0n) is 17.0. The zero-order valence-corrected chi connectivity index (χ0v) is 17.8. The van der Waals surface area contributed by atoms with Crippen LogP contribution in [0.5, 0.6) is 0 Å². The SMILES string of the molecule is CC(c1ccccc1)N1CC(C(=O)NCc2csc(Cc3ccccc3)n2)CC1=O. The van der Waals surface area contributed by atoms with Gasteiger partial charge >= 0.3 is 0 Å². The average molecular weight is 420 g/mol. The minimum absolute atomic E-state index is 0.0319. The molecule has 4 rings (SSSR count). The third-order valence-corrected chi connectivity index (χ3v) is 6.42. The van der Waals surface area contributed by atoms with Gasteiger partial charge in [-0.1, -0.05) is 60.7 Å². The van der Waals surface area contributed by atoms with Crippen molar-refractivity contribution in [3.05, 3.63) is 87.9 Å². The van der Waals surface area contributed by atoms with Crippen LogP contribution >= 0.6 is 11.3 Å². The van der Waals surface area contributed by atoms with Crippen LogP contribution in [0.25, 0.3) is 0 Å². The lowest BCUT2D eigenvalue weighted by atomic mass is 10.1. The van der Waals surface area contributed by atoms with E-state index in [0.29, 0.717) is 13.1 Å². The van der Waals surface area contributed by atoms with Crippen molar-refractivity contribution in [1.29, 1.82) is 0 Å². The molecule has 3 aromatic rings. The summed E-state index contributed by atoms with van der Waals surface area (Å²) >= 11 is 1.61. The normalized spacial score (nSPS) is 17.2. The predicted octanol–water partition coefficient (Wildman–Crippen LogP) is 3.96. The Hall–Kier alpha value is -2.99. The van der Waals surface area contributed by atoms with Crippen molar-refractivity contribution in [2.45, 2.75) is 32.4 Å². The summed E-state index contributed by atoms with van der Waals surface area (Å²) in [6.45, 7) is 2.86. The monoisotopic (exact) mass is 419 g/mol. The Kier molecular flexibility index (Phi) is 6.23. The first-order chi connectivity index (χ1) is 14.6. The van der Waals surface area contributed by atoms with Gasteiger partial charge in [-0.25, -0.2) is 4.98 Å². The molecule has 0 spiro atoms. The number of likely N-dealkylation sites (tertiary alicyclic amines) is 1. The molecule has 2 heterocycles. The van der Waals surface area contributed by atoms with E-state index >= 15 is 0 Å². The molecular formula is C24H25N3O2S. The van der Waals surface area contributed by atoms with Crippen molar-refractivity contribution in [3.8, 4) is 0 Å². The highest BCUT2D eigenvalue weighted by molar-refractivity contribution is 7.09. The van der Waals surface area contributed by atoms with Crippen molar-refractivity contribution in [2.75, 3.05) is 6.54 Å². The third kappa shape index (κ3) is 4.76. The van der Waals surface area contributed by atoms with E-state index in [2.05, 4.69) is 22.4 Å². The topological polar surface area (TPSA) is 62.3 Å². The van der Waals surface area contributed by atoms with Crippen LogP contribution in [0.1, 0.15) is 41.2 Å².